The minimum Gasteiger partial charge on any atom is -0.464 e. The molecule has 2 aromatic carbocycles. The quantitative estimate of drug-likeness (QED) is 0.246. The van der Waals surface area contributed by atoms with Gasteiger partial charge in [0.1, 0.15) is 5.58 Å². The van der Waals surface area contributed by atoms with Crippen molar-refractivity contribution in [2.75, 3.05) is 26.8 Å². The van der Waals surface area contributed by atoms with Crippen molar-refractivity contribution in [1.82, 2.24) is 9.80 Å². The number of fused-ring (bicyclic) bond motifs is 1. The second-order valence-electron chi connectivity index (χ2n) is 12.1. The number of methoxy groups -OCH3 is 1. The summed E-state index contributed by atoms with van der Waals surface area (Å²) in [5.74, 6) is -0.0676. The van der Waals surface area contributed by atoms with Crippen LogP contribution in [-0.4, -0.2) is 48.4 Å². The number of carbonyl (C=O) groups is 2. The molecule has 7 nitrogen and oxygen atoms in total. The summed E-state index contributed by atoms with van der Waals surface area (Å²) in [5, 5.41) is 0.494. The number of aryl methyl sites for hydroxylation is 1. The molecular formula is C33H44N2O5. The molecule has 3 aromatic rings. The summed E-state index contributed by atoms with van der Waals surface area (Å²) in [7, 11) is 1.63. The topological polar surface area (TPSA) is 80.1 Å². The molecule has 0 saturated carbocycles. The van der Waals surface area contributed by atoms with Crippen LogP contribution in [0.1, 0.15) is 63.6 Å². The van der Waals surface area contributed by atoms with Gasteiger partial charge in [0, 0.05) is 33.2 Å². The summed E-state index contributed by atoms with van der Waals surface area (Å²) in [5.41, 5.74) is 2.77. The van der Waals surface area contributed by atoms with E-state index in [0.717, 1.165) is 17.5 Å². The second kappa shape index (κ2) is 14.3. The molecule has 7 heteroatoms. The van der Waals surface area contributed by atoms with Crippen molar-refractivity contribution in [2.24, 2.45) is 11.3 Å². The van der Waals surface area contributed by atoms with Crippen molar-refractivity contribution in [3.63, 3.8) is 0 Å². The first kappa shape index (κ1) is 31.1. The highest BCUT2D eigenvalue weighted by Gasteiger charge is 2.25. The fourth-order valence-corrected chi connectivity index (χ4v) is 5.14. The summed E-state index contributed by atoms with van der Waals surface area (Å²) in [6, 6.07) is 15.1. The molecule has 0 fully saturated rings. The van der Waals surface area contributed by atoms with E-state index in [1.165, 1.54) is 6.26 Å². The molecule has 0 bridgehead atoms. The maximum Gasteiger partial charge on any atom is 0.242 e. The van der Waals surface area contributed by atoms with Gasteiger partial charge in [-0.25, -0.2) is 0 Å². The van der Waals surface area contributed by atoms with Crippen LogP contribution in [0.5, 0.6) is 0 Å². The third-order valence-corrected chi connectivity index (χ3v) is 6.87. The van der Waals surface area contributed by atoms with Crippen LogP contribution in [-0.2, 0) is 27.4 Å². The van der Waals surface area contributed by atoms with E-state index in [2.05, 4.69) is 27.7 Å². The summed E-state index contributed by atoms with van der Waals surface area (Å²) < 4.78 is 11.0. The van der Waals surface area contributed by atoms with Crippen LogP contribution in [0.4, 0.5) is 0 Å². The largest absolute Gasteiger partial charge is 0.464 e. The summed E-state index contributed by atoms with van der Waals surface area (Å²) in [4.78, 5) is 43.8. The van der Waals surface area contributed by atoms with Gasteiger partial charge in [0.25, 0.3) is 0 Å². The zero-order chi connectivity index (χ0) is 29.3. The first-order valence-electron chi connectivity index (χ1n) is 14.1. The number of benzene rings is 2. The van der Waals surface area contributed by atoms with Crippen LogP contribution in [0, 0.1) is 18.3 Å². The minimum absolute atomic E-state index is 0.0402. The summed E-state index contributed by atoms with van der Waals surface area (Å²) in [6.45, 7) is 11.8. The third kappa shape index (κ3) is 9.33. The number of amides is 2. The lowest BCUT2D eigenvalue weighted by Gasteiger charge is -2.29. The van der Waals surface area contributed by atoms with Gasteiger partial charge in [-0.2, -0.15) is 0 Å². The molecule has 0 aliphatic heterocycles. The monoisotopic (exact) mass is 548 g/mol. The highest BCUT2D eigenvalue weighted by molar-refractivity contribution is 5.85. The molecule has 2 amide bonds. The van der Waals surface area contributed by atoms with Crippen LogP contribution in [0.25, 0.3) is 11.0 Å². The number of hydrogen-bond acceptors (Lipinski definition) is 5. The molecule has 3 rings (SSSR count). The Morgan fingerprint density at radius 1 is 1.00 bits per heavy atom. The molecule has 0 spiro atoms. The van der Waals surface area contributed by atoms with Gasteiger partial charge >= 0.3 is 0 Å². The molecule has 216 valence electrons. The second-order valence-corrected chi connectivity index (χ2v) is 12.1. The van der Waals surface area contributed by atoms with Gasteiger partial charge in [-0.3, -0.25) is 14.4 Å². The van der Waals surface area contributed by atoms with Crippen LogP contribution < -0.4 is 5.43 Å². The molecule has 0 saturated heterocycles. The minimum atomic E-state index is -0.221. The molecule has 0 aliphatic carbocycles. The van der Waals surface area contributed by atoms with Crippen molar-refractivity contribution in [3.05, 3.63) is 81.7 Å². The van der Waals surface area contributed by atoms with Crippen LogP contribution >= 0.6 is 0 Å². The SMILES string of the molecule is COCCCN(CC(=O)N(Cc1ccccc1)Cc1coc2ccc(C)cc2c1=O)C(=O)CC(C)CC(C)(C)C. The Morgan fingerprint density at radius 3 is 2.40 bits per heavy atom. The van der Waals surface area contributed by atoms with Crippen LogP contribution in [0.15, 0.2) is 64.0 Å². The smallest absolute Gasteiger partial charge is 0.242 e. The Kier molecular flexibility index (Phi) is 11.1. The molecular weight excluding hydrogens is 504 g/mol. The molecule has 1 aromatic heterocycles. The van der Waals surface area contributed by atoms with E-state index in [1.54, 1.807) is 23.0 Å². The molecule has 1 unspecified atom stereocenters. The zero-order valence-electron chi connectivity index (χ0n) is 24.9. The first-order chi connectivity index (χ1) is 19.0. The molecule has 0 aliphatic rings. The van der Waals surface area contributed by atoms with Gasteiger partial charge in [-0.05, 0) is 48.8 Å². The Hall–Kier alpha value is -3.45. The Labute approximate surface area is 238 Å². The van der Waals surface area contributed by atoms with Gasteiger partial charge in [0.05, 0.1) is 30.3 Å². The van der Waals surface area contributed by atoms with Crippen molar-refractivity contribution >= 4 is 22.8 Å². The Morgan fingerprint density at radius 2 is 1.73 bits per heavy atom. The zero-order valence-corrected chi connectivity index (χ0v) is 24.9. The molecule has 1 atom stereocenters. The highest BCUT2D eigenvalue weighted by atomic mass is 16.5. The van der Waals surface area contributed by atoms with Crippen molar-refractivity contribution in [3.8, 4) is 0 Å². The van der Waals surface area contributed by atoms with E-state index in [0.29, 0.717) is 49.1 Å². The average molecular weight is 549 g/mol. The first-order valence-corrected chi connectivity index (χ1v) is 14.1. The summed E-state index contributed by atoms with van der Waals surface area (Å²) >= 11 is 0. The lowest BCUT2D eigenvalue weighted by atomic mass is 9.84. The predicted molar refractivity (Wildman–Crippen MR) is 159 cm³/mol. The van der Waals surface area contributed by atoms with Gasteiger partial charge < -0.3 is 19.0 Å². The van der Waals surface area contributed by atoms with Gasteiger partial charge in [0.15, 0.2) is 5.43 Å². The number of ether oxygens (including phenoxy) is 1. The van der Waals surface area contributed by atoms with E-state index < -0.39 is 0 Å². The maximum atomic E-state index is 13.8. The number of carbonyl (C=O) groups excluding carboxylic acids is 2. The molecule has 1 heterocycles. The van der Waals surface area contributed by atoms with Gasteiger partial charge in [-0.1, -0.05) is 69.7 Å². The number of rotatable bonds is 13. The lowest BCUT2D eigenvalue weighted by Crippen LogP contribution is -2.44. The van der Waals surface area contributed by atoms with Crippen molar-refractivity contribution < 1.29 is 18.7 Å². The van der Waals surface area contributed by atoms with E-state index in [4.69, 9.17) is 9.15 Å². The Bertz CT molecular complexity index is 1330. The third-order valence-electron chi connectivity index (χ3n) is 6.87. The number of nitrogens with zero attached hydrogens (tertiary/aromatic N) is 2. The van der Waals surface area contributed by atoms with Gasteiger partial charge in [-0.15, -0.1) is 0 Å². The molecule has 0 N–H and O–H groups in total. The van der Waals surface area contributed by atoms with E-state index in [-0.39, 0.29) is 41.7 Å². The van der Waals surface area contributed by atoms with E-state index >= 15 is 0 Å². The predicted octanol–water partition coefficient (Wildman–Crippen LogP) is 5.96. The van der Waals surface area contributed by atoms with Crippen LogP contribution in [0.3, 0.4) is 0 Å². The standard InChI is InChI=1S/C33H44N2O5/c1-24-13-14-29-28(17-24)32(38)27(23-40-29)21-35(20-26-11-8-7-9-12-26)31(37)22-34(15-10-16-39-6)30(36)18-25(2)19-33(3,4)5/h7-9,11-14,17,23,25H,10,15-16,18-22H2,1-6H3. The fraction of sp³-hybridized carbons (Fsp3) is 0.485. The fourth-order valence-electron chi connectivity index (χ4n) is 5.14. The summed E-state index contributed by atoms with van der Waals surface area (Å²) in [6.07, 6.45) is 3.37. The average Bonchev–Trinajstić information content (AvgIpc) is 2.89. The van der Waals surface area contributed by atoms with Crippen molar-refractivity contribution in [1.29, 1.82) is 0 Å². The normalized spacial score (nSPS) is 12.3. The highest BCUT2D eigenvalue weighted by Crippen LogP contribution is 2.26. The number of hydrogen-bond donors (Lipinski definition) is 0. The van der Waals surface area contributed by atoms with E-state index in [9.17, 15) is 14.4 Å². The lowest BCUT2D eigenvalue weighted by molar-refractivity contribution is -0.142. The van der Waals surface area contributed by atoms with Crippen molar-refractivity contribution in [2.45, 2.75) is 67.0 Å². The van der Waals surface area contributed by atoms with E-state index in [1.807, 2.05) is 49.4 Å². The Balaban J connectivity index is 1.86. The molecule has 40 heavy (non-hydrogen) atoms. The molecule has 0 radical (unpaired) electrons. The van der Waals surface area contributed by atoms with Crippen LogP contribution in [0.2, 0.25) is 0 Å². The maximum absolute atomic E-state index is 13.8. The van der Waals surface area contributed by atoms with Gasteiger partial charge in [0.2, 0.25) is 11.8 Å².